The van der Waals surface area contributed by atoms with Gasteiger partial charge in [0.05, 0.1) is 4.83 Å². The number of alkyl halides is 1. The highest BCUT2D eigenvalue weighted by atomic mass is 79.9. The molecule has 4 fully saturated rings. The fraction of sp³-hybridized carbons (Fsp3) is 0.931. The van der Waals surface area contributed by atoms with E-state index in [2.05, 4.69) is 50.5 Å². The molecule has 188 valence electrons. The van der Waals surface area contributed by atoms with E-state index in [9.17, 15) is 9.59 Å². The first kappa shape index (κ1) is 25.7. The van der Waals surface area contributed by atoms with Crippen LogP contribution in [0, 0.1) is 52.3 Å². The van der Waals surface area contributed by atoms with Crippen LogP contribution in [0.15, 0.2) is 0 Å². The largest absolute Gasteiger partial charge is 0.463 e. The van der Waals surface area contributed by atoms with Crippen LogP contribution in [0.25, 0.3) is 0 Å². The maximum atomic E-state index is 13.8. The monoisotopic (exact) mass is 522 g/mol. The molecule has 0 aliphatic heterocycles. The van der Waals surface area contributed by atoms with Crippen molar-refractivity contribution in [2.24, 2.45) is 52.3 Å². The Hall–Kier alpha value is -0.380. The summed E-state index contributed by atoms with van der Waals surface area (Å²) in [5.74, 6) is 4.32. The van der Waals surface area contributed by atoms with Crippen molar-refractivity contribution in [3.05, 3.63) is 0 Å². The van der Waals surface area contributed by atoms with E-state index in [4.69, 9.17) is 4.74 Å². The van der Waals surface area contributed by atoms with Crippen LogP contribution < -0.4 is 0 Å². The van der Waals surface area contributed by atoms with Crippen molar-refractivity contribution < 1.29 is 14.3 Å². The van der Waals surface area contributed by atoms with Crippen LogP contribution in [-0.2, 0) is 14.3 Å². The Morgan fingerprint density at radius 3 is 2.36 bits per heavy atom. The minimum absolute atomic E-state index is 0.0257. The van der Waals surface area contributed by atoms with Crippen molar-refractivity contribution in [1.29, 1.82) is 0 Å². The molecule has 33 heavy (non-hydrogen) atoms. The van der Waals surface area contributed by atoms with Gasteiger partial charge in [0.2, 0.25) is 0 Å². The van der Waals surface area contributed by atoms with Crippen molar-refractivity contribution in [2.45, 2.75) is 117 Å². The molecule has 4 saturated carbocycles. The minimum atomic E-state index is -0.215. The first-order valence-corrected chi connectivity index (χ1v) is 14.8. The molecule has 4 heteroatoms. The molecule has 0 heterocycles. The van der Waals surface area contributed by atoms with Crippen molar-refractivity contribution in [3.63, 3.8) is 0 Å². The number of rotatable bonds is 6. The second kappa shape index (κ2) is 9.58. The lowest BCUT2D eigenvalue weighted by Crippen LogP contribution is -2.61. The molecule has 0 saturated heterocycles. The summed E-state index contributed by atoms with van der Waals surface area (Å²) < 4.78 is 5.57. The van der Waals surface area contributed by atoms with Gasteiger partial charge in [-0.05, 0) is 91.3 Å². The summed E-state index contributed by atoms with van der Waals surface area (Å²) in [6.07, 6.45) is 11.8. The second-order valence-corrected chi connectivity index (χ2v) is 14.2. The molecule has 4 aliphatic carbocycles. The van der Waals surface area contributed by atoms with Gasteiger partial charge in [-0.15, -0.1) is 0 Å². The predicted molar refractivity (Wildman–Crippen MR) is 137 cm³/mol. The Morgan fingerprint density at radius 2 is 1.70 bits per heavy atom. The normalized spacial score (nSPS) is 45.8. The number of esters is 1. The van der Waals surface area contributed by atoms with Gasteiger partial charge in [-0.2, -0.15) is 0 Å². The van der Waals surface area contributed by atoms with E-state index in [1.54, 1.807) is 0 Å². The Kier molecular flexibility index (Phi) is 7.46. The molecule has 0 N–H and O–H groups in total. The topological polar surface area (TPSA) is 43.4 Å². The third-order valence-electron chi connectivity index (χ3n) is 11.0. The van der Waals surface area contributed by atoms with E-state index in [-0.39, 0.29) is 28.2 Å². The summed E-state index contributed by atoms with van der Waals surface area (Å²) in [7, 11) is 0. The first-order chi connectivity index (χ1) is 15.5. The Balaban J connectivity index is 1.53. The van der Waals surface area contributed by atoms with E-state index in [0.29, 0.717) is 29.0 Å². The maximum absolute atomic E-state index is 13.8. The average molecular weight is 524 g/mol. The quantitative estimate of drug-likeness (QED) is 0.266. The molecule has 0 amide bonds. The summed E-state index contributed by atoms with van der Waals surface area (Å²) in [6, 6.07) is 0. The summed E-state index contributed by atoms with van der Waals surface area (Å²) in [5.41, 5.74) is 0.438. The van der Waals surface area contributed by atoms with Crippen molar-refractivity contribution in [1.82, 2.24) is 0 Å². The van der Waals surface area contributed by atoms with Crippen molar-refractivity contribution >= 4 is 27.7 Å². The van der Waals surface area contributed by atoms with E-state index in [1.807, 2.05) is 0 Å². The summed E-state index contributed by atoms with van der Waals surface area (Å²) in [4.78, 5) is 25.3. The van der Waals surface area contributed by atoms with Crippen LogP contribution in [-0.4, -0.2) is 22.7 Å². The van der Waals surface area contributed by atoms with Gasteiger partial charge in [0.25, 0.3) is 0 Å². The van der Waals surface area contributed by atoms with Crippen LogP contribution in [0.1, 0.15) is 106 Å². The lowest BCUT2D eigenvalue weighted by molar-refractivity contribution is -0.168. The number of carbonyl (C=O) groups is 2. The number of ketones is 1. The maximum Gasteiger partial charge on any atom is 0.302 e. The van der Waals surface area contributed by atoms with Crippen molar-refractivity contribution in [3.8, 4) is 0 Å². The Morgan fingerprint density at radius 1 is 1.03 bits per heavy atom. The summed E-state index contributed by atoms with van der Waals surface area (Å²) in [6.45, 7) is 13.7. The van der Waals surface area contributed by atoms with E-state index >= 15 is 0 Å². The molecule has 0 aromatic rings. The molecule has 4 rings (SSSR count). The summed E-state index contributed by atoms with van der Waals surface area (Å²) >= 11 is 3.97. The summed E-state index contributed by atoms with van der Waals surface area (Å²) in [5, 5.41) is 0. The highest BCUT2D eigenvalue weighted by Crippen LogP contribution is 2.68. The molecule has 0 aromatic carbocycles. The first-order valence-electron chi connectivity index (χ1n) is 13.8. The highest BCUT2D eigenvalue weighted by Gasteiger charge is 2.65. The van der Waals surface area contributed by atoms with E-state index in [0.717, 1.165) is 37.0 Å². The van der Waals surface area contributed by atoms with Gasteiger partial charge in [0.15, 0.2) is 5.78 Å². The second-order valence-electron chi connectivity index (χ2n) is 13.2. The minimum Gasteiger partial charge on any atom is -0.463 e. The zero-order chi connectivity index (χ0) is 24.1. The number of fused-ring (bicyclic) bond motifs is 5. The molecular weight excluding hydrogens is 476 g/mol. The molecule has 0 spiro atoms. The average Bonchev–Trinajstić information content (AvgIpc) is 3.09. The van der Waals surface area contributed by atoms with Crippen molar-refractivity contribution in [2.75, 3.05) is 0 Å². The van der Waals surface area contributed by atoms with Crippen LogP contribution in [0.2, 0.25) is 0 Å². The zero-order valence-electron chi connectivity index (χ0n) is 21.9. The van der Waals surface area contributed by atoms with Crippen LogP contribution in [0.4, 0.5) is 0 Å². The van der Waals surface area contributed by atoms with Gasteiger partial charge >= 0.3 is 5.97 Å². The molecule has 0 radical (unpaired) electrons. The predicted octanol–water partition coefficient (Wildman–Crippen LogP) is 7.59. The van der Waals surface area contributed by atoms with Gasteiger partial charge < -0.3 is 4.74 Å². The SMILES string of the molecule is CC(=O)O[C@H]1CC[C@@]2(C)[C@H](C1)C(=O)[C@H](Br)[C@@H]1[C@@H]2CC[C@]2(C)[C@@H]([C@@H](C)CCCC(C)C)CC[C@@H]12. The smallest absolute Gasteiger partial charge is 0.302 e. The number of carbonyl (C=O) groups excluding carboxylic acids is 2. The van der Waals surface area contributed by atoms with Gasteiger partial charge in [-0.1, -0.05) is 69.8 Å². The van der Waals surface area contributed by atoms with Gasteiger partial charge in [-0.25, -0.2) is 0 Å². The molecular formula is C29H47BrO3. The lowest BCUT2D eigenvalue weighted by Gasteiger charge is -2.61. The van der Waals surface area contributed by atoms with Crippen LogP contribution in [0.5, 0.6) is 0 Å². The van der Waals surface area contributed by atoms with Crippen LogP contribution in [0.3, 0.4) is 0 Å². The molecule has 10 atom stereocenters. The van der Waals surface area contributed by atoms with Gasteiger partial charge in [0.1, 0.15) is 6.10 Å². The number of halogens is 1. The van der Waals surface area contributed by atoms with Crippen LogP contribution >= 0.6 is 15.9 Å². The number of hydrogen-bond donors (Lipinski definition) is 0. The van der Waals surface area contributed by atoms with Gasteiger partial charge in [-0.3, -0.25) is 9.59 Å². The fourth-order valence-electron chi connectivity index (χ4n) is 9.30. The third kappa shape index (κ3) is 4.49. The third-order valence-corrected chi connectivity index (χ3v) is 12.0. The fourth-order valence-corrected chi connectivity index (χ4v) is 10.4. The zero-order valence-corrected chi connectivity index (χ0v) is 23.5. The molecule has 0 unspecified atom stereocenters. The molecule has 0 aromatic heterocycles. The Labute approximate surface area is 210 Å². The molecule has 0 bridgehead atoms. The molecule has 3 nitrogen and oxygen atoms in total. The van der Waals surface area contributed by atoms with E-state index in [1.165, 1.54) is 51.9 Å². The highest BCUT2D eigenvalue weighted by molar-refractivity contribution is 9.10. The van der Waals surface area contributed by atoms with Gasteiger partial charge in [0, 0.05) is 12.8 Å². The lowest BCUT2D eigenvalue weighted by atomic mass is 9.44. The van der Waals surface area contributed by atoms with E-state index < -0.39 is 0 Å². The number of hydrogen-bond acceptors (Lipinski definition) is 3. The Bertz CT molecular complexity index is 749. The standard InChI is InChI=1S/C29H47BrO3/c1-17(2)8-7-9-18(3)21-10-11-22-25-23(13-15-28(21,22)5)29(6)14-12-20(33-19(4)31)16-24(29)27(32)26(25)30/h17-18,20-26H,7-16H2,1-6H3/t18-,20-,21+,22-,23-,24+,25-,26+,28+,29+/m0/s1. The molecule has 4 aliphatic rings. The number of ether oxygens (including phenoxy) is 1. The number of Topliss-reactive ketones (excluding diaryl/α,β-unsaturated/α-hetero) is 1.